The van der Waals surface area contributed by atoms with Crippen molar-refractivity contribution in [3.8, 4) is 0 Å². The van der Waals surface area contributed by atoms with Gasteiger partial charge in [0.1, 0.15) is 6.10 Å². The summed E-state index contributed by atoms with van der Waals surface area (Å²) in [4.78, 5) is 12.4. The molecule has 25 heavy (non-hydrogen) atoms. The second-order valence-electron chi connectivity index (χ2n) is 7.81. The molecule has 0 radical (unpaired) electrons. The van der Waals surface area contributed by atoms with E-state index in [9.17, 15) is 4.79 Å². The fraction of sp³-hybridized carbons (Fsp3) is 0.609. The highest BCUT2D eigenvalue weighted by Crippen LogP contribution is 2.32. The van der Waals surface area contributed by atoms with Gasteiger partial charge < -0.3 is 4.74 Å². The van der Waals surface area contributed by atoms with Crippen LogP contribution in [0.5, 0.6) is 0 Å². The molecule has 1 fully saturated rings. The van der Waals surface area contributed by atoms with Gasteiger partial charge in [-0.3, -0.25) is 0 Å². The minimum Gasteiger partial charge on any atom is -0.459 e. The van der Waals surface area contributed by atoms with Crippen molar-refractivity contribution in [1.82, 2.24) is 0 Å². The van der Waals surface area contributed by atoms with Gasteiger partial charge in [-0.1, -0.05) is 44.9 Å². The zero-order valence-electron chi connectivity index (χ0n) is 15.8. The lowest BCUT2D eigenvalue weighted by Gasteiger charge is -2.27. The Balaban J connectivity index is 1.55. The smallest absolute Gasteiger partial charge is 0.338 e. The molecule has 0 spiro atoms. The number of carbonyl (C=O) groups is 1. The van der Waals surface area contributed by atoms with Gasteiger partial charge >= 0.3 is 5.97 Å². The van der Waals surface area contributed by atoms with Crippen LogP contribution >= 0.6 is 0 Å². The summed E-state index contributed by atoms with van der Waals surface area (Å²) in [5.74, 6) is 1.52. The van der Waals surface area contributed by atoms with E-state index >= 15 is 0 Å². The number of benzene rings is 1. The van der Waals surface area contributed by atoms with Crippen LogP contribution < -0.4 is 0 Å². The van der Waals surface area contributed by atoms with Crippen molar-refractivity contribution in [2.45, 2.75) is 77.7 Å². The lowest BCUT2D eigenvalue weighted by molar-refractivity contribution is 0.0164. The normalized spacial score (nSPS) is 26.8. The Labute approximate surface area is 152 Å². The zero-order chi connectivity index (χ0) is 17.6. The first-order chi connectivity index (χ1) is 12.2. The second kappa shape index (κ2) is 8.69. The molecular weight excluding hydrogens is 308 g/mol. The Hall–Kier alpha value is -1.57. The highest BCUT2D eigenvalue weighted by Gasteiger charge is 2.23. The van der Waals surface area contributed by atoms with Crippen LogP contribution in [0, 0.1) is 11.8 Å². The molecule has 0 aromatic heterocycles. The summed E-state index contributed by atoms with van der Waals surface area (Å²) < 4.78 is 5.73. The van der Waals surface area contributed by atoms with Gasteiger partial charge in [0.15, 0.2) is 0 Å². The van der Waals surface area contributed by atoms with Crippen LogP contribution in [0.25, 0.3) is 5.57 Å². The first-order valence-electron chi connectivity index (χ1n) is 10.2. The van der Waals surface area contributed by atoms with Crippen molar-refractivity contribution in [1.29, 1.82) is 0 Å². The predicted molar refractivity (Wildman–Crippen MR) is 104 cm³/mol. The van der Waals surface area contributed by atoms with Gasteiger partial charge in [-0.25, -0.2) is 4.79 Å². The largest absolute Gasteiger partial charge is 0.459 e. The molecule has 0 amide bonds. The number of hydrogen-bond acceptors (Lipinski definition) is 2. The van der Waals surface area contributed by atoms with Gasteiger partial charge in [0.25, 0.3) is 0 Å². The third-order valence-corrected chi connectivity index (χ3v) is 6.23. The second-order valence-corrected chi connectivity index (χ2v) is 7.81. The van der Waals surface area contributed by atoms with Gasteiger partial charge in [0.05, 0.1) is 5.56 Å². The number of ether oxygens (including phenoxy) is 1. The average molecular weight is 341 g/mol. The van der Waals surface area contributed by atoms with Crippen LogP contribution in [0.1, 0.15) is 87.6 Å². The number of hydrogen-bond donors (Lipinski definition) is 0. The van der Waals surface area contributed by atoms with Crippen molar-refractivity contribution in [3.05, 3.63) is 41.5 Å². The van der Waals surface area contributed by atoms with E-state index in [4.69, 9.17) is 4.74 Å². The summed E-state index contributed by atoms with van der Waals surface area (Å²) in [7, 11) is 0. The van der Waals surface area contributed by atoms with E-state index in [1.165, 1.54) is 49.7 Å². The average Bonchev–Trinajstić information content (AvgIpc) is 2.69. The van der Waals surface area contributed by atoms with E-state index < -0.39 is 0 Å². The van der Waals surface area contributed by atoms with Crippen molar-refractivity contribution >= 4 is 11.5 Å². The molecule has 0 bridgehead atoms. The number of rotatable bonds is 5. The molecule has 0 saturated heterocycles. The molecule has 2 aliphatic carbocycles. The highest BCUT2D eigenvalue weighted by atomic mass is 16.5. The fourth-order valence-electron chi connectivity index (χ4n) is 4.22. The van der Waals surface area contributed by atoms with E-state index in [0.29, 0.717) is 5.56 Å². The Morgan fingerprint density at radius 3 is 2.20 bits per heavy atom. The van der Waals surface area contributed by atoms with E-state index in [-0.39, 0.29) is 12.1 Å². The van der Waals surface area contributed by atoms with Crippen LogP contribution in [-0.2, 0) is 4.74 Å². The highest BCUT2D eigenvalue weighted by molar-refractivity contribution is 5.90. The maximum atomic E-state index is 12.4. The standard InChI is InChI=1S/C23H32O2/c1-3-17-5-9-19(10-6-17)20-11-13-21(14-12-20)23(24)25-22-15-7-18(4-2)8-16-22/h9,11-14,17-18,22H,3-8,10,15-16H2,1-2H3/t17?,18-,22-. The minimum absolute atomic E-state index is 0.113. The Morgan fingerprint density at radius 1 is 0.960 bits per heavy atom. The molecule has 1 atom stereocenters. The van der Waals surface area contributed by atoms with Gasteiger partial charge in [-0.05, 0) is 80.1 Å². The van der Waals surface area contributed by atoms with E-state index in [1.807, 2.05) is 12.1 Å². The molecule has 0 heterocycles. The van der Waals surface area contributed by atoms with Gasteiger partial charge in [0.2, 0.25) is 0 Å². The molecule has 136 valence electrons. The maximum absolute atomic E-state index is 12.4. The van der Waals surface area contributed by atoms with Crippen LogP contribution in [0.3, 0.4) is 0 Å². The molecule has 1 aromatic carbocycles. The maximum Gasteiger partial charge on any atom is 0.338 e. The lowest BCUT2D eigenvalue weighted by Crippen LogP contribution is -2.24. The summed E-state index contributed by atoms with van der Waals surface area (Å²) in [5, 5.41) is 0. The first-order valence-corrected chi connectivity index (χ1v) is 10.2. The topological polar surface area (TPSA) is 26.3 Å². The number of allylic oxidation sites excluding steroid dienone is 2. The summed E-state index contributed by atoms with van der Waals surface area (Å²) in [5.41, 5.74) is 3.38. The molecule has 3 rings (SSSR count). The van der Waals surface area contributed by atoms with Gasteiger partial charge in [0, 0.05) is 0 Å². The van der Waals surface area contributed by atoms with E-state index in [2.05, 4.69) is 32.1 Å². The third kappa shape index (κ3) is 4.74. The van der Waals surface area contributed by atoms with E-state index in [0.717, 1.165) is 31.1 Å². The van der Waals surface area contributed by atoms with Crippen molar-refractivity contribution in [2.75, 3.05) is 0 Å². The molecule has 2 aliphatic rings. The quantitative estimate of drug-likeness (QED) is 0.579. The van der Waals surface area contributed by atoms with E-state index in [1.54, 1.807) is 0 Å². The molecule has 1 aromatic rings. The Morgan fingerprint density at radius 2 is 1.64 bits per heavy atom. The molecule has 0 N–H and O–H groups in total. The van der Waals surface area contributed by atoms with Crippen molar-refractivity contribution in [3.63, 3.8) is 0 Å². The predicted octanol–water partition coefficient (Wildman–Crippen LogP) is 6.41. The fourth-order valence-corrected chi connectivity index (χ4v) is 4.22. The Bertz CT molecular complexity index is 591. The summed E-state index contributed by atoms with van der Waals surface area (Å²) in [6, 6.07) is 8.04. The first kappa shape index (κ1) is 18.2. The van der Waals surface area contributed by atoms with Crippen LogP contribution in [0.2, 0.25) is 0 Å². The molecule has 2 heteroatoms. The molecule has 1 saturated carbocycles. The minimum atomic E-state index is -0.157. The van der Waals surface area contributed by atoms with Crippen LogP contribution in [0.4, 0.5) is 0 Å². The summed E-state index contributed by atoms with van der Waals surface area (Å²) in [6.45, 7) is 4.53. The summed E-state index contributed by atoms with van der Waals surface area (Å²) in [6.07, 6.45) is 13.1. The molecular formula is C23H32O2. The third-order valence-electron chi connectivity index (χ3n) is 6.23. The van der Waals surface area contributed by atoms with Gasteiger partial charge in [-0.2, -0.15) is 0 Å². The molecule has 2 nitrogen and oxygen atoms in total. The zero-order valence-corrected chi connectivity index (χ0v) is 15.8. The summed E-state index contributed by atoms with van der Waals surface area (Å²) >= 11 is 0. The molecule has 1 unspecified atom stereocenters. The van der Waals surface area contributed by atoms with Crippen LogP contribution in [0.15, 0.2) is 30.3 Å². The number of esters is 1. The lowest BCUT2D eigenvalue weighted by atomic mass is 9.85. The number of carbonyl (C=O) groups excluding carboxylic acids is 1. The van der Waals surface area contributed by atoms with Gasteiger partial charge in [-0.15, -0.1) is 0 Å². The van der Waals surface area contributed by atoms with Crippen LogP contribution in [-0.4, -0.2) is 12.1 Å². The SMILES string of the molecule is CCC1CC=C(c2ccc(C(=O)O[C@H]3CC[C@H](CC)CC3)cc2)CC1. The van der Waals surface area contributed by atoms with Crippen molar-refractivity contribution < 1.29 is 9.53 Å². The molecule has 0 aliphatic heterocycles. The Kier molecular flexibility index (Phi) is 6.34. The monoisotopic (exact) mass is 340 g/mol. The van der Waals surface area contributed by atoms with Crippen molar-refractivity contribution in [2.24, 2.45) is 11.8 Å².